The molecule has 1 aliphatic heterocycles. The molecule has 1 saturated heterocycles. The molecule has 1 N–H and O–H groups in total. The van der Waals surface area contributed by atoms with Gasteiger partial charge in [0.25, 0.3) is 5.91 Å². The fraction of sp³-hybridized carbons (Fsp3) is 0.300. The maximum atomic E-state index is 13.0. The standard InChI is InChI=1S/C20H21NO4/c1-25-17-8-3-6-15(13-17)18-9-4-10-21(18)20(24)16-7-2-5-14(11-16)12-19(22)23/h2-3,5-8,11,13,18H,4,9-10,12H2,1H3,(H,22,23). The van der Waals surface area contributed by atoms with Crippen LogP contribution < -0.4 is 4.74 Å². The van der Waals surface area contributed by atoms with Crippen molar-refractivity contribution in [3.8, 4) is 5.75 Å². The van der Waals surface area contributed by atoms with Crippen molar-refractivity contribution in [2.24, 2.45) is 0 Å². The number of hydrogen-bond acceptors (Lipinski definition) is 3. The van der Waals surface area contributed by atoms with Crippen LogP contribution in [0.2, 0.25) is 0 Å². The molecule has 1 heterocycles. The first kappa shape index (κ1) is 17.0. The van der Waals surface area contributed by atoms with Crippen LogP contribution in [0.3, 0.4) is 0 Å². The van der Waals surface area contributed by atoms with Gasteiger partial charge in [-0.05, 0) is 48.2 Å². The molecule has 3 rings (SSSR count). The molecule has 1 fully saturated rings. The van der Waals surface area contributed by atoms with Gasteiger partial charge in [-0.25, -0.2) is 0 Å². The molecule has 5 nitrogen and oxygen atoms in total. The average molecular weight is 339 g/mol. The summed E-state index contributed by atoms with van der Waals surface area (Å²) in [5.74, 6) is -0.183. The monoisotopic (exact) mass is 339 g/mol. The number of aliphatic carboxylic acids is 1. The number of amides is 1. The number of likely N-dealkylation sites (tertiary alicyclic amines) is 1. The van der Waals surface area contributed by atoms with Crippen LogP contribution in [-0.4, -0.2) is 35.5 Å². The molecule has 1 aliphatic rings. The fourth-order valence-electron chi connectivity index (χ4n) is 3.36. The fourth-order valence-corrected chi connectivity index (χ4v) is 3.36. The van der Waals surface area contributed by atoms with Gasteiger partial charge in [-0.15, -0.1) is 0 Å². The molecular formula is C20H21NO4. The van der Waals surface area contributed by atoms with Crippen molar-refractivity contribution < 1.29 is 19.4 Å². The van der Waals surface area contributed by atoms with Crippen molar-refractivity contribution in [1.82, 2.24) is 4.90 Å². The third-order valence-electron chi connectivity index (χ3n) is 4.52. The van der Waals surface area contributed by atoms with E-state index in [0.29, 0.717) is 17.7 Å². The van der Waals surface area contributed by atoms with Gasteiger partial charge in [-0.3, -0.25) is 9.59 Å². The van der Waals surface area contributed by atoms with Gasteiger partial charge >= 0.3 is 5.97 Å². The van der Waals surface area contributed by atoms with Crippen LogP contribution in [0.15, 0.2) is 48.5 Å². The van der Waals surface area contributed by atoms with Crippen LogP contribution in [0, 0.1) is 0 Å². The molecule has 0 aromatic heterocycles. The molecule has 2 aromatic carbocycles. The van der Waals surface area contributed by atoms with E-state index in [1.807, 2.05) is 29.2 Å². The van der Waals surface area contributed by atoms with Gasteiger partial charge in [-0.1, -0.05) is 24.3 Å². The molecule has 0 bridgehead atoms. The van der Waals surface area contributed by atoms with Gasteiger partial charge in [0.2, 0.25) is 0 Å². The Balaban J connectivity index is 1.84. The number of ether oxygens (including phenoxy) is 1. The van der Waals surface area contributed by atoms with Gasteiger partial charge in [0.05, 0.1) is 19.6 Å². The van der Waals surface area contributed by atoms with Crippen LogP contribution in [0.5, 0.6) is 5.75 Å². The molecule has 2 aromatic rings. The minimum Gasteiger partial charge on any atom is -0.497 e. The van der Waals surface area contributed by atoms with Crippen molar-refractivity contribution in [3.63, 3.8) is 0 Å². The number of carbonyl (C=O) groups is 2. The highest BCUT2D eigenvalue weighted by Crippen LogP contribution is 2.34. The highest BCUT2D eigenvalue weighted by atomic mass is 16.5. The zero-order valence-corrected chi connectivity index (χ0v) is 14.1. The highest BCUT2D eigenvalue weighted by Gasteiger charge is 2.30. The summed E-state index contributed by atoms with van der Waals surface area (Å²) >= 11 is 0. The molecule has 0 spiro atoms. The maximum Gasteiger partial charge on any atom is 0.307 e. The second kappa shape index (κ2) is 7.38. The summed E-state index contributed by atoms with van der Waals surface area (Å²) in [5, 5.41) is 8.94. The quantitative estimate of drug-likeness (QED) is 0.908. The molecule has 1 atom stereocenters. The maximum absolute atomic E-state index is 13.0. The summed E-state index contributed by atoms with van der Waals surface area (Å²) in [7, 11) is 1.63. The number of benzene rings is 2. The zero-order chi connectivity index (χ0) is 17.8. The zero-order valence-electron chi connectivity index (χ0n) is 14.1. The van der Waals surface area contributed by atoms with Crippen molar-refractivity contribution in [1.29, 1.82) is 0 Å². The number of carboxylic acids is 1. The van der Waals surface area contributed by atoms with E-state index >= 15 is 0 Å². The number of carbonyl (C=O) groups excluding carboxylic acids is 1. The second-order valence-corrected chi connectivity index (χ2v) is 6.20. The summed E-state index contributed by atoms with van der Waals surface area (Å²) in [6.07, 6.45) is 1.77. The van der Waals surface area contributed by atoms with Gasteiger partial charge in [0.1, 0.15) is 5.75 Å². The van der Waals surface area contributed by atoms with E-state index in [4.69, 9.17) is 9.84 Å². The van der Waals surface area contributed by atoms with E-state index in [1.54, 1.807) is 31.4 Å². The molecule has 25 heavy (non-hydrogen) atoms. The third kappa shape index (κ3) is 3.82. The van der Waals surface area contributed by atoms with Crippen molar-refractivity contribution >= 4 is 11.9 Å². The molecule has 0 radical (unpaired) electrons. The third-order valence-corrected chi connectivity index (χ3v) is 4.52. The van der Waals surface area contributed by atoms with Crippen molar-refractivity contribution in [3.05, 3.63) is 65.2 Å². The Kier molecular flexibility index (Phi) is 5.03. The van der Waals surface area contributed by atoms with Crippen LogP contribution in [0.25, 0.3) is 0 Å². The van der Waals surface area contributed by atoms with Gasteiger partial charge in [0, 0.05) is 12.1 Å². The van der Waals surface area contributed by atoms with Crippen LogP contribution >= 0.6 is 0 Å². The Hall–Kier alpha value is -2.82. The summed E-state index contributed by atoms with van der Waals surface area (Å²) in [5.41, 5.74) is 2.23. The van der Waals surface area contributed by atoms with Crippen molar-refractivity contribution in [2.75, 3.05) is 13.7 Å². The van der Waals surface area contributed by atoms with Gasteiger partial charge < -0.3 is 14.7 Å². The molecule has 5 heteroatoms. The van der Waals surface area contributed by atoms with E-state index < -0.39 is 5.97 Å². The first-order valence-electron chi connectivity index (χ1n) is 8.34. The predicted molar refractivity (Wildman–Crippen MR) is 93.8 cm³/mol. The number of rotatable bonds is 5. The van der Waals surface area contributed by atoms with Crippen LogP contribution in [0.1, 0.15) is 40.4 Å². The summed E-state index contributed by atoms with van der Waals surface area (Å²) in [6, 6.07) is 14.7. The van der Waals surface area contributed by atoms with Crippen LogP contribution in [-0.2, 0) is 11.2 Å². The smallest absolute Gasteiger partial charge is 0.307 e. The lowest BCUT2D eigenvalue weighted by atomic mass is 10.0. The molecule has 0 aliphatic carbocycles. The van der Waals surface area contributed by atoms with E-state index in [0.717, 1.165) is 24.2 Å². The Labute approximate surface area is 146 Å². The SMILES string of the molecule is COc1cccc(C2CCCN2C(=O)c2cccc(CC(=O)O)c2)c1. The number of carboxylic acid groups (broad SMARTS) is 1. The normalized spacial score (nSPS) is 16.7. The molecule has 1 unspecified atom stereocenters. The second-order valence-electron chi connectivity index (χ2n) is 6.20. The predicted octanol–water partition coefficient (Wildman–Crippen LogP) is 3.30. The van der Waals surface area contributed by atoms with Crippen molar-refractivity contribution in [2.45, 2.75) is 25.3 Å². The topological polar surface area (TPSA) is 66.8 Å². The molecule has 0 saturated carbocycles. The first-order chi connectivity index (χ1) is 12.1. The molecular weight excluding hydrogens is 318 g/mol. The minimum absolute atomic E-state index is 0.0192. The minimum atomic E-state index is -0.903. The Morgan fingerprint density at radius 2 is 2.00 bits per heavy atom. The lowest BCUT2D eigenvalue weighted by Gasteiger charge is -2.25. The average Bonchev–Trinajstić information content (AvgIpc) is 3.10. The van der Waals surface area contributed by atoms with E-state index in [9.17, 15) is 9.59 Å². The lowest BCUT2D eigenvalue weighted by molar-refractivity contribution is -0.136. The number of methoxy groups -OCH3 is 1. The summed E-state index contributed by atoms with van der Waals surface area (Å²) in [4.78, 5) is 25.7. The number of hydrogen-bond donors (Lipinski definition) is 1. The van der Waals surface area contributed by atoms with E-state index in [1.165, 1.54) is 0 Å². The summed E-state index contributed by atoms with van der Waals surface area (Å²) < 4.78 is 5.29. The van der Waals surface area contributed by atoms with Crippen LogP contribution in [0.4, 0.5) is 0 Å². The number of nitrogens with zero attached hydrogens (tertiary/aromatic N) is 1. The Bertz CT molecular complexity index is 787. The molecule has 130 valence electrons. The van der Waals surface area contributed by atoms with E-state index in [-0.39, 0.29) is 18.4 Å². The van der Waals surface area contributed by atoms with E-state index in [2.05, 4.69) is 0 Å². The lowest BCUT2D eigenvalue weighted by Crippen LogP contribution is -2.30. The van der Waals surface area contributed by atoms with Gasteiger partial charge in [-0.2, -0.15) is 0 Å². The molecule has 1 amide bonds. The van der Waals surface area contributed by atoms with Gasteiger partial charge in [0.15, 0.2) is 0 Å². The highest BCUT2D eigenvalue weighted by molar-refractivity contribution is 5.95. The Morgan fingerprint density at radius 3 is 2.76 bits per heavy atom. The Morgan fingerprint density at radius 1 is 1.20 bits per heavy atom. The largest absolute Gasteiger partial charge is 0.497 e. The first-order valence-corrected chi connectivity index (χ1v) is 8.34. The summed E-state index contributed by atoms with van der Waals surface area (Å²) in [6.45, 7) is 0.698.